The van der Waals surface area contributed by atoms with Crippen LogP contribution in [0.25, 0.3) is 17.1 Å². The van der Waals surface area contributed by atoms with Gasteiger partial charge in [0.1, 0.15) is 5.75 Å². The molecule has 0 N–H and O–H groups in total. The molecule has 8 heteroatoms. The maximum Gasteiger partial charge on any atom is 0.235 e. The second kappa shape index (κ2) is 11.0. The van der Waals surface area contributed by atoms with Crippen molar-refractivity contribution in [1.29, 1.82) is 0 Å². The molecule has 1 atom stereocenters. The standard InChI is InChI=1S/C26H27N5O2S/c1-4-33-23-14-12-22(13-15-23)31-24(21-11-8-16-27-17-21)28-29-26(31)34-19(2)25(32)30(3)18-20-9-6-5-7-10-20/h5-17,19H,4,18H2,1-3H3. The monoisotopic (exact) mass is 473 g/mol. The molecule has 0 spiro atoms. The van der Waals surface area contributed by atoms with E-state index in [0.29, 0.717) is 24.1 Å². The average Bonchev–Trinajstić information content (AvgIpc) is 3.28. The van der Waals surface area contributed by atoms with E-state index in [0.717, 1.165) is 22.6 Å². The first-order valence-corrected chi connectivity index (χ1v) is 12.0. The van der Waals surface area contributed by atoms with Gasteiger partial charge in [0.25, 0.3) is 0 Å². The predicted molar refractivity (Wildman–Crippen MR) is 134 cm³/mol. The van der Waals surface area contributed by atoms with Crippen molar-refractivity contribution < 1.29 is 9.53 Å². The summed E-state index contributed by atoms with van der Waals surface area (Å²) in [6, 6.07) is 21.5. The number of pyridine rings is 1. The molecule has 4 aromatic rings. The van der Waals surface area contributed by atoms with E-state index < -0.39 is 0 Å². The summed E-state index contributed by atoms with van der Waals surface area (Å²) in [7, 11) is 1.82. The smallest absolute Gasteiger partial charge is 0.235 e. The lowest BCUT2D eigenvalue weighted by Gasteiger charge is -2.21. The van der Waals surface area contributed by atoms with Crippen molar-refractivity contribution in [3.63, 3.8) is 0 Å². The van der Waals surface area contributed by atoms with Gasteiger partial charge in [-0.25, -0.2) is 0 Å². The molecule has 0 saturated carbocycles. The molecule has 1 unspecified atom stereocenters. The van der Waals surface area contributed by atoms with Crippen LogP contribution >= 0.6 is 11.8 Å². The first-order chi connectivity index (χ1) is 16.6. The van der Waals surface area contributed by atoms with Gasteiger partial charge in [-0.15, -0.1) is 10.2 Å². The number of thioether (sulfide) groups is 1. The number of carbonyl (C=O) groups is 1. The van der Waals surface area contributed by atoms with Crippen LogP contribution in [0.15, 0.2) is 84.3 Å². The number of hydrogen-bond donors (Lipinski definition) is 0. The minimum Gasteiger partial charge on any atom is -0.494 e. The van der Waals surface area contributed by atoms with Gasteiger partial charge in [-0.3, -0.25) is 14.3 Å². The lowest BCUT2D eigenvalue weighted by Crippen LogP contribution is -2.32. The van der Waals surface area contributed by atoms with Crippen LogP contribution in [-0.4, -0.2) is 49.5 Å². The fourth-order valence-corrected chi connectivity index (χ4v) is 4.56. The van der Waals surface area contributed by atoms with Crippen LogP contribution < -0.4 is 4.74 Å². The van der Waals surface area contributed by atoms with E-state index in [9.17, 15) is 4.79 Å². The van der Waals surface area contributed by atoms with Crippen LogP contribution in [0, 0.1) is 0 Å². The third kappa shape index (κ3) is 5.46. The molecule has 2 aromatic heterocycles. The number of nitrogens with zero attached hydrogens (tertiary/aromatic N) is 5. The molecule has 0 bridgehead atoms. The van der Waals surface area contributed by atoms with Crippen molar-refractivity contribution in [3.8, 4) is 22.8 Å². The Labute approximate surface area is 203 Å². The lowest BCUT2D eigenvalue weighted by molar-refractivity contribution is -0.129. The zero-order valence-corrected chi connectivity index (χ0v) is 20.3. The molecule has 7 nitrogen and oxygen atoms in total. The average molecular weight is 474 g/mol. The number of aromatic nitrogens is 4. The van der Waals surface area contributed by atoms with Crippen molar-refractivity contribution in [2.75, 3.05) is 13.7 Å². The first kappa shape index (κ1) is 23.5. The number of carbonyl (C=O) groups excluding carboxylic acids is 1. The minimum absolute atomic E-state index is 0.0259. The van der Waals surface area contributed by atoms with E-state index >= 15 is 0 Å². The predicted octanol–water partition coefficient (Wildman–Crippen LogP) is 4.87. The number of ether oxygens (including phenoxy) is 1. The Morgan fingerprint density at radius 3 is 2.50 bits per heavy atom. The van der Waals surface area contributed by atoms with E-state index in [1.165, 1.54) is 11.8 Å². The zero-order chi connectivity index (χ0) is 23.9. The van der Waals surface area contributed by atoms with Gasteiger partial charge in [0, 0.05) is 37.2 Å². The summed E-state index contributed by atoms with van der Waals surface area (Å²) < 4.78 is 7.55. The SMILES string of the molecule is CCOc1ccc(-n2c(SC(C)C(=O)N(C)Cc3ccccc3)nnc2-c2cccnc2)cc1. The summed E-state index contributed by atoms with van der Waals surface area (Å²) in [6.07, 6.45) is 3.48. The molecule has 0 radical (unpaired) electrons. The minimum atomic E-state index is -0.346. The van der Waals surface area contributed by atoms with Gasteiger partial charge in [0.15, 0.2) is 11.0 Å². The highest BCUT2D eigenvalue weighted by Gasteiger charge is 2.24. The summed E-state index contributed by atoms with van der Waals surface area (Å²) >= 11 is 1.39. The number of amides is 1. The topological polar surface area (TPSA) is 73.1 Å². The van der Waals surface area contributed by atoms with Gasteiger partial charge in [-0.05, 0) is 55.8 Å². The number of benzene rings is 2. The maximum absolute atomic E-state index is 13.1. The normalized spacial score (nSPS) is 11.7. The summed E-state index contributed by atoms with van der Waals surface area (Å²) in [5, 5.41) is 9.17. The molecule has 0 saturated heterocycles. The van der Waals surface area contributed by atoms with Gasteiger partial charge in [-0.1, -0.05) is 42.1 Å². The van der Waals surface area contributed by atoms with Crippen molar-refractivity contribution in [2.45, 2.75) is 30.8 Å². The third-order valence-corrected chi connectivity index (χ3v) is 6.26. The summed E-state index contributed by atoms with van der Waals surface area (Å²) in [5.41, 5.74) is 2.81. The second-order valence-electron chi connectivity index (χ2n) is 7.75. The Balaban J connectivity index is 1.61. The van der Waals surface area contributed by atoms with Crippen LogP contribution in [0.2, 0.25) is 0 Å². The quantitative estimate of drug-likeness (QED) is 0.323. The van der Waals surface area contributed by atoms with E-state index in [4.69, 9.17) is 4.74 Å². The second-order valence-corrected chi connectivity index (χ2v) is 9.06. The van der Waals surface area contributed by atoms with E-state index in [2.05, 4.69) is 15.2 Å². The van der Waals surface area contributed by atoms with Crippen LogP contribution in [0.5, 0.6) is 5.75 Å². The third-order valence-electron chi connectivity index (χ3n) is 5.23. The van der Waals surface area contributed by atoms with E-state index in [1.807, 2.05) is 92.2 Å². The van der Waals surface area contributed by atoms with Gasteiger partial charge < -0.3 is 9.64 Å². The van der Waals surface area contributed by atoms with Crippen molar-refractivity contribution in [3.05, 3.63) is 84.7 Å². The van der Waals surface area contributed by atoms with E-state index in [1.54, 1.807) is 17.3 Å². The molecule has 4 rings (SSSR count). The fourth-order valence-electron chi connectivity index (χ4n) is 3.57. The number of hydrogen-bond acceptors (Lipinski definition) is 6. The molecular formula is C26H27N5O2S. The molecule has 0 aliphatic carbocycles. The van der Waals surface area contributed by atoms with Gasteiger partial charge in [0.2, 0.25) is 5.91 Å². The Morgan fingerprint density at radius 2 is 1.82 bits per heavy atom. The van der Waals surface area contributed by atoms with Gasteiger partial charge in [0.05, 0.1) is 11.9 Å². The Morgan fingerprint density at radius 1 is 1.06 bits per heavy atom. The highest BCUT2D eigenvalue weighted by Crippen LogP contribution is 2.31. The summed E-state index contributed by atoms with van der Waals surface area (Å²) in [4.78, 5) is 19.1. The Kier molecular flexibility index (Phi) is 7.59. The molecule has 0 aliphatic rings. The highest BCUT2D eigenvalue weighted by atomic mass is 32.2. The van der Waals surface area contributed by atoms with Crippen molar-refractivity contribution >= 4 is 17.7 Å². The largest absolute Gasteiger partial charge is 0.494 e. The zero-order valence-electron chi connectivity index (χ0n) is 19.5. The molecular weight excluding hydrogens is 446 g/mol. The van der Waals surface area contributed by atoms with Crippen molar-refractivity contribution in [2.24, 2.45) is 0 Å². The van der Waals surface area contributed by atoms with E-state index in [-0.39, 0.29) is 11.2 Å². The summed E-state index contributed by atoms with van der Waals surface area (Å²) in [5.74, 6) is 1.48. The molecule has 1 amide bonds. The van der Waals surface area contributed by atoms with Crippen LogP contribution in [0.3, 0.4) is 0 Å². The molecule has 34 heavy (non-hydrogen) atoms. The molecule has 174 valence electrons. The van der Waals surface area contributed by atoms with Crippen LogP contribution in [-0.2, 0) is 11.3 Å². The van der Waals surface area contributed by atoms with Crippen LogP contribution in [0.4, 0.5) is 0 Å². The van der Waals surface area contributed by atoms with Gasteiger partial charge in [-0.2, -0.15) is 0 Å². The van der Waals surface area contributed by atoms with Gasteiger partial charge >= 0.3 is 0 Å². The van der Waals surface area contributed by atoms with Crippen LogP contribution in [0.1, 0.15) is 19.4 Å². The Bertz CT molecular complexity index is 1210. The first-order valence-electron chi connectivity index (χ1n) is 11.1. The lowest BCUT2D eigenvalue weighted by atomic mass is 10.2. The molecule has 0 fully saturated rings. The molecule has 2 aromatic carbocycles. The summed E-state index contributed by atoms with van der Waals surface area (Å²) in [6.45, 7) is 5.01. The van der Waals surface area contributed by atoms with Crippen molar-refractivity contribution in [1.82, 2.24) is 24.6 Å². The maximum atomic E-state index is 13.1. The highest BCUT2D eigenvalue weighted by molar-refractivity contribution is 8.00. The Hall–Kier alpha value is -3.65. The fraction of sp³-hybridized carbons (Fsp3) is 0.231. The number of rotatable bonds is 9. The molecule has 2 heterocycles. The molecule has 0 aliphatic heterocycles.